The Kier molecular flexibility index (Phi) is 6.04. The zero-order valence-electron chi connectivity index (χ0n) is 16.4. The fraction of sp³-hybridized carbons (Fsp3) is 0.263. The van der Waals surface area contributed by atoms with Gasteiger partial charge in [0.1, 0.15) is 5.75 Å². The van der Waals surface area contributed by atoms with Crippen molar-refractivity contribution in [3.8, 4) is 17.2 Å². The zero-order chi connectivity index (χ0) is 22.2. The monoisotopic (exact) mass is 451 g/mol. The van der Waals surface area contributed by atoms with Crippen molar-refractivity contribution in [2.24, 2.45) is 0 Å². The van der Waals surface area contributed by atoms with Crippen LogP contribution >= 0.6 is 23.2 Å². The Balaban J connectivity index is 2.07. The third-order valence-corrected chi connectivity index (χ3v) is 4.89. The van der Waals surface area contributed by atoms with E-state index in [-0.39, 0.29) is 38.9 Å². The van der Waals surface area contributed by atoms with Crippen molar-refractivity contribution in [1.29, 1.82) is 0 Å². The van der Waals surface area contributed by atoms with Crippen LogP contribution in [0.3, 0.4) is 0 Å². The van der Waals surface area contributed by atoms with Crippen LogP contribution in [0.1, 0.15) is 32.4 Å². The molecule has 0 aliphatic heterocycles. The van der Waals surface area contributed by atoms with Gasteiger partial charge >= 0.3 is 5.69 Å². The molecule has 0 saturated heterocycles. The highest BCUT2D eigenvalue weighted by Crippen LogP contribution is 2.38. The molecule has 0 unspecified atom stereocenters. The standard InChI is InChI=1S/C19H19Cl2N5O4/c1-4-10-5-12(8-25(9(2)3)18(10)28)30-15-13(20)6-11(7-14(15)21)26-19(29)23-17(27)16(22)24-26/h5-9H,4H2,1-3H3,(H2,22,24)(H,23,27,29). The van der Waals surface area contributed by atoms with E-state index in [2.05, 4.69) is 5.10 Å². The molecule has 1 aromatic carbocycles. The summed E-state index contributed by atoms with van der Waals surface area (Å²) >= 11 is 12.7. The predicted octanol–water partition coefficient (Wildman–Crippen LogP) is 2.91. The van der Waals surface area contributed by atoms with Gasteiger partial charge in [-0.25, -0.2) is 4.79 Å². The van der Waals surface area contributed by atoms with E-state index in [0.717, 1.165) is 4.68 Å². The minimum atomic E-state index is -0.799. The molecule has 0 spiro atoms. The van der Waals surface area contributed by atoms with Crippen LogP contribution in [0.2, 0.25) is 10.0 Å². The number of H-pyrrole nitrogens is 1. The average Bonchev–Trinajstić information content (AvgIpc) is 2.68. The maximum atomic E-state index is 12.4. The molecule has 2 heterocycles. The molecule has 2 aromatic heterocycles. The van der Waals surface area contributed by atoms with E-state index >= 15 is 0 Å². The summed E-state index contributed by atoms with van der Waals surface area (Å²) in [7, 11) is 0. The molecule has 30 heavy (non-hydrogen) atoms. The van der Waals surface area contributed by atoms with Gasteiger partial charge in [-0.3, -0.25) is 14.6 Å². The third kappa shape index (κ3) is 4.12. The first-order chi connectivity index (χ1) is 14.1. The molecule has 11 heteroatoms. The quantitative estimate of drug-likeness (QED) is 0.613. The van der Waals surface area contributed by atoms with Gasteiger partial charge in [0.25, 0.3) is 11.1 Å². The summed E-state index contributed by atoms with van der Waals surface area (Å²) in [5.41, 5.74) is 4.57. The number of nitrogens with one attached hydrogen (secondary N) is 1. The largest absolute Gasteiger partial charge is 0.453 e. The maximum Gasteiger partial charge on any atom is 0.349 e. The van der Waals surface area contributed by atoms with Gasteiger partial charge in [-0.2, -0.15) is 4.68 Å². The Bertz CT molecular complexity index is 1270. The molecule has 0 fully saturated rings. The number of halogens is 2. The van der Waals surface area contributed by atoms with Crippen LogP contribution < -0.4 is 27.3 Å². The van der Waals surface area contributed by atoms with E-state index in [1.165, 1.54) is 12.1 Å². The average molecular weight is 452 g/mol. The molecule has 158 valence electrons. The first-order valence-corrected chi connectivity index (χ1v) is 9.79. The van der Waals surface area contributed by atoms with E-state index in [1.54, 1.807) is 16.8 Å². The zero-order valence-corrected chi connectivity index (χ0v) is 17.9. The lowest BCUT2D eigenvalue weighted by Crippen LogP contribution is -2.33. The number of ether oxygens (including phenoxy) is 1. The molecule has 9 nitrogen and oxygen atoms in total. The molecule has 0 saturated carbocycles. The van der Waals surface area contributed by atoms with Crippen LogP contribution in [0.5, 0.6) is 11.5 Å². The van der Waals surface area contributed by atoms with Gasteiger partial charge < -0.3 is 15.0 Å². The highest BCUT2D eigenvalue weighted by atomic mass is 35.5. The Hall–Kier alpha value is -3.04. The van der Waals surface area contributed by atoms with Crippen molar-refractivity contribution < 1.29 is 4.74 Å². The van der Waals surface area contributed by atoms with Gasteiger partial charge in [-0.05, 0) is 38.5 Å². The highest BCUT2D eigenvalue weighted by Gasteiger charge is 2.16. The minimum Gasteiger partial charge on any atom is -0.453 e. The van der Waals surface area contributed by atoms with Crippen molar-refractivity contribution in [3.05, 3.63) is 71.2 Å². The topological polar surface area (TPSA) is 125 Å². The molecule has 0 radical (unpaired) electrons. The fourth-order valence-corrected chi connectivity index (χ4v) is 3.35. The number of nitrogens with zero attached hydrogens (tertiary/aromatic N) is 3. The van der Waals surface area contributed by atoms with Gasteiger partial charge in [-0.15, -0.1) is 5.10 Å². The molecule has 3 rings (SSSR count). The Morgan fingerprint density at radius 3 is 2.37 bits per heavy atom. The molecule has 3 aromatic rings. The van der Waals surface area contributed by atoms with Crippen molar-refractivity contribution in [3.63, 3.8) is 0 Å². The highest BCUT2D eigenvalue weighted by molar-refractivity contribution is 6.37. The van der Waals surface area contributed by atoms with E-state index in [4.69, 9.17) is 33.7 Å². The number of pyridine rings is 1. The normalized spacial score (nSPS) is 11.1. The molecular formula is C19H19Cl2N5O4. The first kappa shape index (κ1) is 21.7. The van der Waals surface area contributed by atoms with Crippen LogP contribution in [0, 0.1) is 0 Å². The molecule has 0 amide bonds. The SMILES string of the molecule is CCc1cc(Oc2c(Cl)cc(-n3nc(N)c(=O)[nH]c3=O)cc2Cl)cn(C(C)C)c1=O. The summed E-state index contributed by atoms with van der Waals surface area (Å²) in [6, 6.07) is 4.36. The summed E-state index contributed by atoms with van der Waals surface area (Å²) in [6.07, 6.45) is 2.12. The molecule has 0 bridgehead atoms. The summed E-state index contributed by atoms with van der Waals surface area (Å²) in [5.74, 6) is 0.147. The number of nitrogens with two attached hydrogens (primary N) is 1. The molecule has 0 aliphatic rings. The van der Waals surface area contributed by atoms with Gasteiger partial charge in [0.05, 0.1) is 21.9 Å². The second-order valence-electron chi connectivity index (χ2n) is 6.76. The summed E-state index contributed by atoms with van der Waals surface area (Å²) in [6.45, 7) is 5.65. The van der Waals surface area contributed by atoms with Crippen LogP contribution in [0.25, 0.3) is 5.69 Å². The number of hydrogen-bond donors (Lipinski definition) is 2. The Labute approximate surface area is 180 Å². The number of anilines is 1. The van der Waals surface area contributed by atoms with E-state index in [0.29, 0.717) is 17.7 Å². The lowest BCUT2D eigenvalue weighted by molar-refractivity contribution is 0.463. The van der Waals surface area contributed by atoms with Crippen molar-refractivity contribution in [2.75, 3.05) is 5.73 Å². The molecule has 0 atom stereocenters. The predicted molar refractivity (Wildman–Crippen MR) is 115 cm³/mol. The molecule has 3 N–H and O–H groups in total. The Morgan fingerprint density at radius 2 is 1.80 bits per heavy atom. The van der Waals surface area contributed by atoms with E-state index < -0.39 is 11.2 Å². The fourth-order valence-electron chi connectivity index (χ4n) is 2.80. The number of rotatable bonds is 5. The van der Waals surface area contributed by atoms with Crippen molar-refractivity contribution in [1.82, 2.24) is 19.3 Å². The Morgan fingerprint density at radius 1 is 1.17 bits per heavy atom. The lowest BCUT2D eigenvalue weighted by atomic mass is 10.2. The number of aryl methyl sites for hydroxylation is 1. The van der Waals surface area contributed by atoms with Gasteiger partial charge in [0, 0.05) is 11.6 Å². The smallest absolute Gasteiger partial charge is 0.349 e. The van der Waals surface area contributed by atoms with Gasteiger partial charge in [-0.1, -0.05) is 30.1 Å². The molecule has 0 aliphatic carbocycles. The first-order valence-electron chi connectivity index (χ1n) is 9.03. The van der Waals surface area contributed by atoms with Crippen molar-refractivity contribution in [2.45, 2.75) is 33.2 Å². The van der Waals surface area contributed by atoms with Crippen LogP contribution in [-0.2, 0) is 6.42 Å². The van der Waals surface area contributed by atoms with Gasteiger partial charge in [0.2, 0.25) is 5.82 Å². The number of nitrogen functional groups attached to an aromatic ring is 1. The van der Waals surface area contributed by atoms with Crippen molar-refractivity contribution >= 4 is 29.0 Å². The number of aromatic nitrogens is 4. The van der Waals surface area contributed by atoms with E-state index in [9.17, 15) is 14.4 Å². The minimum absolute atomic E-state index is 0.0664. The maximum absolute atomic E-state index is 12.4. The number of hydrogen-bond acceptors (Lipinski definition) is 6. The summed E-state index contributed by atoms with van der Waals surface area (Å²) < 4.78 is 8.31. The number of aromatic amines is 1. The lowest BCUT2D eigenvalue weighted by Gasteiger charge is -2.16. The van der Waals surface area contributed by atoms with Crippen LogP contribution in [-0.4, -0.2) is 19.3 Å². The van der Waals surface area contributed by atoms with Crippen LogP contribution in [0.15, 0.2) is 38.8 Å². The second-order valence-corrected chi connectivity index (χ2v) is 7.57. The van der Waals surface area contributed by atoms with Gasteiger partial charge in [0.15, 0.2) is 5.75 Å². The van der Waals surface area contributed by atoms with Crippen LogP contribution in [0.4, 0.5) is 5.82 Å². The second kappa shape index (κ2) is 8.37. The number of benzene rings is 1. The summed E-state index contributed by atoms with van der Waals surface area (Å²) in [4.78, 5) is 37.9. The molecular weight excluding hydrogens is 433 g/mol. The summed E-state index contributed by atoms with van der Waals surface area (Å²) in [5, 5.41) is 3.93. The third-order valence-electron chi connectivity index (χ3n) is 4.33. The van der Waals surface area contributed by atoms with E-state index in [1.807, 2.05) is 25.8 Å².